The molecule has 1 rings (SSSR count). The van der Waals surface area contributed by atoms with Crippen LogP contribution in [-0.2, 0) is 9.53 Å². The zero-order valence-electron chi connectivity index (χ0n) is 11.3. The minimum Gasteiger partial charge on any atom is -0.464 e. The number of ether oxygens (including phenoxy) is 1. The second-order valence-corrected chi connectivity index (χ2v) is 4.40. The van der Waals surface area contributed by atoms with Gasteiger partial charge in [0.05, 0.1) is 7.11 Å². The van der Waals surface area contributed by atoms with Crippen LogP contribution in [0.3, 0.4) is 0 Å². The highest BCUT2D eigenvalue weighted by Gasteiger charge is 2.29. The third kappa shape index (κ3) is 4.03. The van der Waals surface area contributed by atoms with Crippen molar-refractivity contribution in [2.45, 2.75) is 32.3 Å². The van der Waals surface area contributed by atoms with E-state index in [-0.39, 0.29) is 5.69 Å². The summed E-state index contributed by atoms with van der Waals surface area (Å²) >= 11 is 0. The number of pyridine rings is 1. The van der Waals surface area contributed by atoms with E-state index in [9.17, 15) is 14.7 Å². The van der Waals surface area contributed by atoms with E-state index in [1.165, 1.54) is 32.4 Å². The van der Waals surface area contributed by atoms with Gasteiger partial charge in [0.15, 0.2) is 0 Å². The summed E-state index contributed by atoms with van der Waals surface area (Å²) in [5.41, 5.74) is -0.962. The molecule has 0 aliphatic heterocycles. The number of rotatable bonds is 5. The number of carbonyl (C=O) groups excluding carboxylic acids is 2. The Morgan fingerprint density at radius 2 is 2.21 bits per heavy atom. The van der Waals surface area contributed by atoms with Crippen molar-refractivity contribution < 1.29 is 19.4 Å². The average Bonchev–Trinajstić information content (AvgIpc) is 2.38. The summed E-state index contributed by atoms with van der Waals surface area (Å²) in [7, 11) is 1.25. The molecule has 0 radical (unpaired) electrons. The van der Waals surface area contributed by atoms with Crippen molar-refractivity contribution in [1.82, 2.24) is 4.98 Å². The van der Waals surface area contributed by atoms with Crippen molar-refractivity contribution in [2.75, 3.05) is 12.4 Å². The lowest BCUT2D eigenvalue weighted by Crippen LogP contribution is -2.39. The number of aromatic nitrogens is 1. The molecule has 19 heavy (non-hydrogen) atoms. The van der Waals surface area contributed by atoms with Gasteiger partial charge < -0.3 is 15.2 Å². The van der Waals surface area contributed by atoms with Crippen LogP contribution < -0.4 is 5.32 Å². The standard InChI is InChI=1S/C13H18N2O4/c1-4-6-13(2,18)12(17)15-9-5-7-14-10(8-9)11(16)19-3/h5,7-8,18H,4,6H2,1-3H3,(H,14,15,17)/t13-/m1/s1. The monoisotopic (exact) mass is 266 g/mol. The van der Waals surface area contributed by atoms with Crippen LogP contribution in [0.25, 0.3) is 0 Å². The first-order chi connectivity index (χ1) is 8.90. The summed E-state index contributed by atoms with van der Waals surface area (Å²) in [6.07, 6.45) is 2.42. The topological polar surface area (TPSA) is 88.5 Å². The lowest BCUT2D eigenvalue weighted by Gasteiger charge is -2.21. The minimum atomic E-state index is -1.44. The molecule has 6 nitrogen and oxygen atoms in total. The Morgan fingerprint density at radius 3 is 2.79 bits per heavy atom. The van der Waals surface area contributed by atoms with Crippen LogP contribution in [0, 0.1) is 0 Å². The predicted octanol–water partition coefficient (Wildman–Crippen LogP) is 1.36. The van der Waals surface area contributed by atoms with Crippen molar-refractivity contribution in [3.05, 3.63) is 24.0 Å². The molecule has 0 bridgehead atoms. The van der Waals surface area contributed by atoms with E-state index in [0.717, 1.165) is 0 Å². The van der Waals surface area contributed by atoms with Gasteiger partial charge >= 0.3 is 5.97 Å². The smallest absolute Gasteiger partial charge is 0.356 e. The van der Waals surface area contributed by atoms with Crippen LogP contribution >= 0.6 is 0 Å². The van der Waals surface area contributed by atoms with E-state index >= 15 is 0 Å². The van der Waals surface area contributed by atoms with Crippen LogP contribution in [0.15, 0.2) is 18.3 Å². The fourth-order valence-electron chi connectivity index (χ4n) is 1.59. The normalized spacial score (nSPS) is 13.5. The van der Waals surface area contributed by atoms with Gasteiger partial charge in [0, 0.05) is 11.9 Å². The van der Waals surface area contributed by atoms with Crippen LogP contribution in [-0.4, -0.2) is 34.7 Å². The lowest BCUT2D eigenvalue weighted by molar-refractivity contribution is -0.133. The Morgan fingerprint density at radius 1 is 1.53 bits per heavy atom. The Bertz CT molecular complexity index is 471. The maximum absolute atomic E-state index is 11.9. The Hall–Kier alpha value is -1.95. The van der Waals surface area contributed by atoms with Crippen LogP contribution in [0.4, 0.5) is 5.69 Å². The third-order valence-electron chi connectivity index (χ3n) is 2.64. The molecule has 0 fully saturated rings. The zero-order valence-corrected chi connectivity index (χ0v) is 11.3. The molecule has 0 saturated carbocycles. The summed E-state index contributed by atoms with van der Waals surface area (Å²) in [6.45, 7) is 3.33. The summed E-state index contributed by atoms with van der Waals surface area (Å²) in [4.78, 5) is 27.0. The Balaban J connectivity index is 2.83. The van der Waals surface area contributed by atoms with Gasteiger partial charge in [-0.15, -0.1) is 0 Å². The fraction of sp³-hybridized carbons (Fsp3) is 0.462. The second-order valence-electron chi connectivity index (χ2n) is 4.40. The maximum atomic E-state index is 11.9. The molecule has 1 heterocycles. The summed E-state index contributed by atoms with van der Waals surface area (Å²) in [6, 6.07) is 2.93. The molecule has 104 valence electrons. The quantitative estimate of drug-likeness (QED) is 0.785. The molecule has 1 atom stereocenters. The molecule has 2 N–H and O–H groups in total. The number of nitrogens with one attached hydrogen (secondary N) is 1. The van der Waals surface area contributed by atoms with Gasteiger partial charge in [0.2, 0.25) is 0 Å². The number of carbonyl (C=O) groups is 2. The molecule has 0 aromatic carbocycles. The molecular weight excluding hydrogens is 248 g/mol. The molecule has 1 amide bonds. The Labute approximate surface area is 111 Å². The van der Waals surface area contributed by atoms with Gasteiger partial charge in [-0.3, -0.25) is 4.79 Å². The summed E-state index contributed by atoms with van der Waals surface area (Å²) in [5.74, 6) is -1.10. The van der Waals surface area contributed by atoms with Gasteiger partial charge in [-0.1, -0.05) is 13.3 Å². The lowest BCUT2D eigenvalue weighted by atomic mass is 10.00. The largest absolute Gasteiger partial charge is 0.464 e. The molecule has 0 aliphatic rings. The fourth-order valence-corrected chi connectivity index (χ4v) is 1.59. The van der Waals surface area contributed by atoms with E-state index < -0.39 is 17.5 Å². The first-order valence-corrected chi connectivity index (χ1v) is 5.99. The Kier molecular flexibility index (Phi) is 5.00. The summed E-state index contributed by atoms with van der Waals surface area (Å²) < 4.78 is 4.54. The zero-order chi connectivity index (χ0) is 14.5. The SMILES string of the molecule is CCC[C@@](C)(O)C(=O)Nc1ccnc(C(=O)OC)c1. The van der Waals surface area contributed by atoms with E-state index in [1.807, 2.05) is 6.92 Å². The van der Waals surface area contributed by atoms with E-state index in [4.69, 9.17) is 0 Å². The molecular formula is C13H18N2O4. The molecule has 6 heteroatoms. The molecule has 0 spiro atoms. The van der Waals surface area contributed by atoms with Gasteiger partial charge in [0.1, 0.15) is 11.3 Å². The number of anilines is 1. The van der Waals surface area contributed by atoms with Crippen molar-refractivity contribution in [2.24, 2.45) is 0 Å². The number of esters is 1. The molecule has 0 unspecified atom stereocenters. The van der Waals surface area contributed by atoms with E-state index in [2.05, 4.69) is 15.0 Å². The van der Waals surface area contributed by atoms with Crippen LogP contribution in [0.5, 0.6) is 0 Å². The van der Waals surface area contributed by atoms with Crippen molar-refractivity contribution in [1.29, 1.82) is 0 Å². The number of nitrogens with zero attached hydrogens (tertiary/aromatic N) is 1. The highest BCUT2D eigenvalue weighted by atomic mass is 16.5. The number of hydrogen-bond acceptors (Lipinski definition) is 5. The minimum absolute atomic E-state index is 0.0930. The first kappa shape index (κ1) is 15.1. The van der Waals surface area contributed by atoms with E-state index in [0.29, 0.717) is 18.5 Å². The van der Waals surface area contributed by atoms with Gasteiger partial charge in [-0.2, -0.15) is 0 Å². The molecule has 1 aromatic rings. The third-order valence-corrected chi connectivity index (χ3v) is 2.64. The van der Waals surface area contributed by atoms with Crippen molar-refractivity contribution in [3.8, 4) is 0 Å². The maximum Gasteiger partial charge on any atom is 0.356 e. The summed E-state index contributed by atoms with van der Waals surface area (Å²) in [5, 5.41) is 12.5. The molecule has 0 saturated heterocycles. The number of aliphatic hydroxyl groups is 1. The second kappa shape index (κ2) is 6.29. The number of hydrogen-bond donors (Lipinski definition) is 2. The number of methoxy groups -OCH3 is 1. The number of amides is 1. The van der Waals surface area contributed by atoms with Gasteiger partial charge in [-0.25, -0.2) is 9.78 Å². The first-order valence-electron chi connectivity index (χ1n) is 5.99. The average molecular weight is 266 g/mol. The predicted molar refractivity (Wildman–Crippen MR) is 69.7 cm³/mol. The van der Waals surface area contributed by atoms with Crippen LogP contribution in [0.1, 0.15) is 37.2 Å². The van der Waals surface area contributed by atoms with E-state index in [1.54, 1.807) is 0 Å². The van der Waals surface area contributed by atoms with Gasteiger partial charge in [0.25, 0.3) is 5.91 Å². The highest BCUT2D eigenvalue weighted by molar-refractivity contribution is 5.97. The molecule has 1 aromatic heterocycles. The van der Waals surface area contributed by atoms with Gasteiger partial charge in [-0.05, 0) is 25.5 Å². The van der Waals surface area contributed by atoms with Crippen molar-refractivity contribution in [3.63, 3.8) is 0 Å². The van der Waals surface area contributed by atoms with Crippen molar-refractivity contribution >= 4 is 17.6 Å². The molecule has 0 aliphatic carbocycles. The van der Waals surface area contributed by atoms with Crippen LogP contribution in [0.2, 0.25) is 0 Å². The highest BCUT2D eigenvalue weighted by Crippen LogP contribution is 2.16.